The van der Waals surface area contributed by atoms with Crippen molar-refractivity contribution >= 4 is 23.3 Å². The van der Waals surface area contributed by atoms with Gasteiger partial charge in [0.25, 0.3) is 0 Å². The van der Waals surface area contributed by atoms with Crippen molar-refractivity contribution in [3.05, 3.63) is 80.7 Å². The molecule has 182 valence electrons. The number of fused-ring (bicyclic) bond motifs is 4. The van der Waals surface area contributed by atoms with Crippen molar-refractivity contribution in [2.24, 2.45) is 0 Å². The number of urea groups is 1. The van der Waals surface area contributed by atoms with E-state index in [4.69, 9.17) is 11.6 Å². The highest BCUT2D eigenvalue weighted by Gasteiger charge is 2.43. The Bertz CT molecular complexity index is 1360. The zero-order valence-electron chi connectivity index (χ0n) is 18.1. The molecule has 2 aromatic heterocycles. The molecule has 0 radical (unpaired) electrons. The van der Waals surface area contributed by atoms with E-state index in [-0.39, 0.29) is 39.6 Å². The number of hydrogen-bond donors (Lipinski definition) is 2. The van der Waals surface area contributed by atoms with E-state index in [2.05, 4.69) is 15.3 Å². The van der Waals surface area contributed by atoms with Crippen molar-refractivity contribution in [3.8, 4) is 11.1 Å². The lowest BCUT2D eigenvalue weighted by molar-refractivity contribution is -0.127. The minimum absolute atomic E-state index is 0.103. The zero-order valence-corrected chi connectivity index (χ0v) is 18.9. The average molecular weight is 507 g/mol. The Morgan fingerprint density at radius 2 is 2.03 bits per heavy atom. The van der Waals surface area contributed by atoms with Gasteiger partial charge in [-0.3, -0.25) is 9.78 Å². The van der Waals surface area contributed by atoms with E-state index in [9.17, 15) is 27.2 Å². The summed E-state index contributed by atoms with van der Waals surface area (Å²) in [6.45, 7) is 0. The maximum Gasteiger partial charge on any atom is 0.394 e. The molecule has 6 nitrogen and oxygen atoms in total. The number of alkyl halides is 3. The van der Waals surface area contributed by atoms with Crippen molar-refractivity contribution in [1.29, 1.82) is 0 Å². The van der Waals surface area contributed by atoms with Gasteiger partial charge in [0.05, 0.1) is 23.2 Å². The minimum atomic E-state index is -4.38. The first-order valence-corrected chi connectivity index (χ1v) is 11.3. The first kappa shape index (κ1) is 23.3. The van der Waals surface area contributed by atoms with Crippen LogP contribution >= 0.6 is 11.6 Å². The van der Waals surface area contributed by atoms with Crippen molar-refractivity contribution in [2.45, 2.75) is 43.9 Å². The van der Waals surface area contributed by atoms with Gasteiger partial charge in [-0.1, -0.05) is 17.7 Å². The first-order valence-electron chi connectivity index (χ1n) is 10.9. The van der Waals surface area contributed by atoms with Crippen LogP contribution in [-0.4, -0.2) is 33.1 Å². The SMILES string of the molecule is O=C(Nc1cc(Cl)c(-c2ccc(CC(F)(F)F)nc2)cc1F)N1[C@H]2CC[C@@H]1c1c[nH]c(=O)cc1C2. The maximum absolute atomic E-state index is 14.9. The van der Waals surface area contributed by atoms with E-state index < -0.39 is 24.4 Å². The van der Waals surface area contributed by atoms with Gasteiger partial charge in [-0.25, -0.2) is 9.18 Å². The summed E-state index contributed by atoms with van der Waals surface area (Å²) in [5, 5.41) is 2.70. The molecule has 2 aliphatic rings. The second-order valence-corrected chi connectivity index (χ2v) is 9.12. The Labute approximate surface area is 201 Å². The molecule has 0 unspecified atom stereocenters. The molecule has 2 N–H and O–H groups in total. The van der Waals surface area contributed by atoms with Gasteiger partial charge in [-0.05, 0) is 48.6 Å². The maximum atomic E-state index is 14.9. The summed E-state index contributed by atoms with van der Waals surface area (Å²) in [4.78, 5) is 32.9. The van der Waals surface area contributed by atoms with Crippen LogP contribution in [0.1, 0.15) is 35.7 Å². The molecule has 2 amide bonds. The molecule has 35 heavy (non-hydrogen) atoms. The molecule has 5 rings (SSSR count). The summed E-state index contributed by atoms with van der Waals surface area (Å²) in [5.41, 5.74) is 1.91. The number of hydrogen-bond acceptors (Lipinski definition) is 3. The number of aromatic amines is 1. The number of halogens is 5. The number of nitrogens with zero attached hydrogens (tertiary/aromatic N) is 2. The molecule has 2 atom stereocenters. The Morgan fingerprint density at radius 1 is 1.23 bits per heavy atom. The second-order valence-electron chi connectivity index (χ2n) is 8.71. The number of carbonyl (C=O) groups excluding carboxylic acids is 1. The molecule has 0 aliphatic carbocycles. The molecule has 1 saturated heterocycles. The van der Waals surface area contributed by atoms with Gasteiger partial charge in [-0.2, -0.15) is 13.2 Å². The fourth-order valence-electron chi connectivity index (χ4n) is 4.90. The highest BCUT2D eigenvalue weighted by Crippen LogP contribution is 2.43. The number of nitrogens with one attached hydrogen (secondary N) is 2. The summed E-state index contributed by atoms with van der Waals surface area (Å²) in [6.07, 6.45) is -0.679. The molecule has 1 fully saturated rings. The molecule has 0 saturated carbocycles. The van der Waals surface area contributed by atoms with Crippen LogP contribution in [0.5, 0.6) is 0 Å². The number of benzene rings is 1. The van der Waals surface area contributed by atoms with Gasteiger partial charge in [0.1, 0.15) is 5.82 Å². The Morgan fingerprint density at radius 3 is 2.74 bits per heavy atom. The predicted molar refractivity (Wildman–Crippen MR) is 122 cm³/mol. The summed E-state index contributed by atoms with van der Waals surface area (Å²) < 4.78 is 52.6. The highest BCUT2D eigenvalue weighted by atomic mass is 35.5. The fraction of sp³-hybridized carbons (Fsp3) is 0.292. The Kier molecular flexibility index (Phi) is 5.79. The van der Waals surface area contributed by atoms with Crippen molar-refractivity contribution in [3.63, 3.8) is 0 Å². The molecule has 1 aromatic carbocycles. The van der Waals surface area contributed by atoms with Crippen LogP contribution in [0, 0.1) is 5.82 Å². The molecule has 3 aromatic rings. The quantitative estimate of drug-likeness (QED) is 0.452. The van der Waals surface area contributed by atoms with Crippen LogP contribution in [0.25, 0.3) is 11.1 Å². The lowest BCUT2D eigenvalue weighted by Crippen LogP contribution is -2.44. The van der Waals surface area contributed by atoms with E-state index in [1.54, 1.807) is 17.2 Å². The standard InChI is InChI=1S/C24H19ClF4N4O2/c25-18-8-20(19(26)7-16(18)12-1-2-14(30-10-12)9-24(27,28)29)32-23(35)33-15-3-4-21(33)17-11-31-22(34)6-13(17)5-15/h1-2,6-8,10-11,15,21H,3-5,9H2,(H,31,34)(H,32,35)/t15-,21+/m0/s1. The van der Waals surface area contributed by atoms with Gasteiger partial charge in [0, 0.05) is 41.3 Å². The fourth-order valence-corrected chi connectivity index (χ4v) is 5.17. The van der Waals surface area contributed by atoms with Crippen molar-refractivity contribution in [1.82, 2.24) is 14.9 Å². The van der Waals surface area contributed by atoms with E-state index in [0.29, 0.717) is 12.0 Å². The number of anilines is 1. The van der Waals surface area contributed by atoms with E-state index in [0.717, 1.165) is 30.0 Å². The van der Waals surface area contributed by atoms with Crippen LogP contribution in [0.2, 0.25) is 5.02 Å². The molecule has 4 heterocycles. The van der Waals surface area contributed by atoms with Gasteiger partial charge in [0.2, 0.25) is 5.56 Å². The number of H-pyrrole nitrogens is 1. The lowest BCUT2D eigenvalue weighted by Gasteiger charge is -2.36. The van der Waals surface area contributed by atoms with Crippen LogP contribution in [0.15, 0.2) is 47.5 Å². The monoisotopic (exact) mass is 506 g/mol. The molecule has 2 aliphatic heterocycles. The van der Waals surface area contributed by atoms with Gasteiger partial charge in [0.15, 0.2) is 0 Å². The van der Waals surface area contributed by atoms with Crippen LogP contribution in [-0.2, 0) is 12.8 Å². The average Bonchev–Trinajstić information content (AvgIpc) is 3.10. The molecule has 11 heteroatoms. The third kappa shape index (κ3) is 4.62. The molecule has 0 spiro atoms. The normalized spacial score (nSPS) is 18.9. The largest absolute Gasteiger partial charge is 0.394 e. The Hall–Kier alpha value is -3.40. The van der Waals surface area contributed by atoms with Crippen LogP contribution in [0.3, 0.4) is 0 Å². The third-order valence-electron chi connectivity index (χ3n) is 6.41. The van der Waals surface area contributed by atoms with E-state index in [1.807, 2.05) is 0 Å². The number of aromatic nitrogens is 2. The summed E-state index contributed by atoms with van der Waals surface area (Å²) in [5.74, 6) is -0.744. The number of carbonyl (C=O) groups is 1. The van der Waals surface area contributed by atoms with Crippen LogP contribution in [0.4, 0.5) is 28.0 Å². The van der Waals surface area contributed by atoms with Crippen molar-refractivity contribution < 1.29 is 22.4 Å². The number of amides is 2. The van der Waals surface area contributed by atoms with E-state index in [1.165, 1.54) is 24.4 Å². The topological polar surface area (TPSA) is 78.1 Å². The summed E-state index contributed by atoms with van der Waals surface area (Å²) >= 11 is 6.33. The van der Waals surface area contributed by atoms with Gasteiger partial charge < -0.3 is 15.2 Å². The summed E-state index contributed by atoms with van der Waals surface area (Å²) in [7, 11) is 0. The minimum Gasteiger partial charge on any atom is -0.329 e. The zero-order chi connectivity index (χ0) is 24.9. The summed E-state index contributed by atoms with van der Waals surface area (Å²) in [6, 6.07) is 5.74. The smallest absolute Gasteiger partial charge is 0.329 e. The molecular formula is C24H19ClF4N4O2. The third-order valence-corrected chi connectivity index (χ3v) is 6.73. The highest BCUT2D eigenvalue weighted by molar-refractivity contribution is 6.33. The van der Waals surface area contributed by atoms with Crippen molar-refractivity contribution in [2.75, 3.05) is 5.32 Å². The predicted octanol–water partition coefficient (Wildman–Crippen LogP) is 5.63. The number of pyridine rings is 2. The van der Waals surface area contributed by atoms with Gasteiger partial charge >= 0.3 is 12.2 Å². The Balaban J connectivity index is 1.35. The number of rotatable bonds is 3. The molecular weight excluding hydrogens is 488 g/mol. The van der Waals surface area contributed by atoms with E-state index >= 15 is 0 Å². The van der Waals surface area contributed by atoms with Gasteiger partial charge in [-0.15, -0.1) is 0 Å². The first-order chi connectivity index (χ1) is 16.6. The molecule has 2 bridgehead atoms. The lowest BCUT2D eigenvalue weighted by atomic mass is 9.95. The second kappa shape index (κ2) is 8.67. The van der Waals surface area contributed by atoms with Crippen LogP contribution < -0.4 is 10.9 Å².